The molecule has 2 atom stereocenters. The first-order valence-corrected chi connectivity index (χ1v) is 8.80. The summed E-state index contributed by atoms with van der Waals surface area (Å²) in [4.78, 5) is 12.0. The minimum Gasteiger partial charge on any atom is -0.348 e. The summed E-state index contributed by atoms with van der Waals surface area (Å²) < 4.78 is 0. The summed E-state index contributed by atoms with van der Waals surface area (Å²) in [5.74, 6) is 0.833. The number of nitrogens with one attached hydrogen (secondary N) is 1. The Bertz CT molecular complexity index is 451. The summed E-state index contributed by atoms with van der Waals surface area (Å²) in [7, 11) is 0. The molecule has 0 saturated heterocycles. The van der Waals surface area contributed by atoms with Crippen LogP contribution in [0.3, 0.4) is 0 Å². The fraction of sp³-hybridized carbons (Fsp3) is 0.588. The predicted molar refractivity (Wildman–Crippen MR) is 92.7 cm³/mol. The van der Waals surface area contributed by atoms with Gasteiger partial charge in [0.1, 0.15) is 0 Å². The van der Waals surface area contributed by atoms with E-state index in [1.165, 1.54) is 5.56 Å². The van der Waals surface area contributed by atoms with Crippen LogP contribution in [0.5, 0.6) is 0 Å². The summed E-state index contributed by atoms with van der Waals surface area (Å²) in [5, 5.41) is 2.99. The molecule has 3 N–H and O–H groups in total. The van der Waals surface area contributed by atoms with Crippen molar-refractivity contribution in [3.05, 3.63) is 35.4 Å². The van der Waals surface area contributed by atoms with Crippen molar-refractivity contribution in [3.63, 3.8) is 0 Å². The van der Waals surface area contributed by atoms with Crippen molar-refractivity contribution in [2.75, 3.05) is 12.0 Å². The lowest BCUT2D eigenvalue weighted by molar-refractivity contribution is -0.123. The van der Waals surface area contributed by atoms with Crippen LogP contribution < -0.4 is 11.1 Å². The van der Waals surface area contributed by atoms with Gasteiger partial charge in [0.25, 0.3) is 0 Å². The molecule has 1 amide bonds. The second kappa shape index (κ2) is 7.85. The van der Waals surface area contributed by atoms with Gasteiger partial charge in [-0.1, -0.05) is 45.0 Å². The zero-order valence-electron chi connectivity index (χ0n) is 13.8. The van der Waals surface area contributed by atoms with E-state index in [-0.39, 0.29) is 17.4 Å². The number of nitrogens with two attached hydrogens (primary N) is 1. The highest BCUT2D eigenvalue weighted by Gasteiger charge is 2.17. The van der Waals surface area contributed by atoms with Gasteiger partial charge in [-0.25, -0.2) is 0 Å². The molecule has 0 bridgehead atoms. The molecule has 0 radical (unpaired) electrons. The summed E-state index contributed by atoms with van der Waals surface area (Å²) in [6.45, 7) is 8.57. The SMILES string of the molecule is CSCC[C@H](N)C(=O)NC(C)c1ccc(C(C)(C)C)cc1. The maximum Gasteiger partial charge on any atom is 0.237 e. The van der Waals surface area contributed by atoms with Gasteiger partial charge in [0, 0.05) is 0 Å². The third-order valence-electron chi connectivity index (χ3n) is 3.61. The lowest BCUT2D eigenvalue weighted by Crippen LogP contribution is -2.41. The van der Waals surface area contributed by atoms with Crippen LogP contribution in [0.15, 0.2) is 24.3 Å². The molecule has 0 aromatic heterocycles. The van der Waals surface area contributed by atoms with Crippen LogP contribution in [-0.4, -0.2) is 24.0 Å². The van der Waals surface area contributed by atoms with E-state index < -0.39 is 6.04 Å². The van der Waals surface area contributed by atoms with Crippen molar-refractivity contribution in [2.45, 2.75) is 51.6 Å². The van der Waals surface area contributed by atoms with Crippen molar-refractivity contribution < 1.29 is 4.79 Å². The monoisotopic (exact) mass is 308 g/mol. The van der Waals surface area contributed by atoms with Gasteiger partial charge >= 0.3 is 0 Å². The molecule has 21 heavy (non-hydrogen) atoms. The quantitative estimate of drug-likeness (QED) is 0.848. The van der Waals surface area contributed by atoms with Gasteiger partial charge < -0.3 is 11.1 Å². The predicted octanol–water partition coefficient (Wildman–Crippen LogP) is 3.24. The van der Waals surface area contributed by atoms with E-state index in [9.17, 15) is 4.79 Å². The van der Waals surface area contributed by atoms with Crippen LogP contribution in [0.25, 0.3) is 0 Å². The molecule has 0 heterocycles. The Hall–Kier alpha value is -1.00. The van der Waals surface area contributed by atoms with E-state index in [0.29, 0.717) is 6.42 Å². The lowest BCUT2D eigenvalue weighted by atomic mass is 9.86. The molecule has 0 aliphatic carbocycles. The highest BCUT2D eigenvalue weighted by molar-refractivity contribution is 7.98. The first kappa shape index (κ1) is 18.1. The number of carbonyl (C=O) groups excluding carboxylic acids is 1. The Morgan fingerprint density at radius 3 is 2.33 bits per heavy atom. The van der Waals surface area contributed by atoms with Gasteiger partial charge in [-0.05, 0) is 41.9 Å². The molecule has 4 heteroatoms. The molecule has 1 unspecified atom stereocenters. The highest BCUT2D eigenvalue weighted by atomic mass is 32.2. The van der Waals surface area contributed by atoms with Crippen molar-refractivity contribution in [1.82, 2.24) is 5.32 Å². The zero-order chi connectivity index (χ0) is 16.0. The molecule has 1 rings (SSSR count). The molecule has 118 valence electrons. The van der Waals surface area contributed by atoms with E-state index in [0.717, 1.165) is 11.3 Å². The number of hydrogen-bond acceptors (Lipinski definition) is 3. The van der Waals surface area contributed by atoms with Crippen molar-refractivity contribution in [3.8, 4) is 0 Å². The second-order valence-electron chi connectivity index (χ2n) is 6.49. The average molecular weight is 308 g/mol. The molecular weight excluding hydrogens is 280 g/mol. The number of benzene rings is 1. The van der Waals surface area contributed by atoms with Crippen LogP contribution in [0.4, 0.5) is 0 Å². The maximum atomic E-state index is 12.0. The minimum atomic E-state index is -0.422. The first-order valence-electron chi connectivity index (χ1n) is 7.41. The van der Waals surface area contributed by atoms with Crippen LogP contribution in [0.2, 0.25) is 0 Å². The largest absolute Gasteiger partial charge is 0.348 e. The topological polar surface area (TPSA) is 55.1 Å². The van der Waals surface area contributed by atoms with Gasteiger partial charge in [-0.2, -0.15) is 11.8 Å². The van der Waals surface area contributed by atoms with Crippen molar-refractivity contribution in [2.24, 2.45) is 5.73 Å². The van der Waals surface area contributed by atoms with E-state index in [1.54, 1.807) is 11.8 Å². The molecular formula is C17H28N2OS. The van der Waals surface area contributed by atoms with Gasteiger partial charge in [0.05, 0.1) is 12.1 Å². The Kier molecular flexibility index (Phi) is 6.75. The van der Waals surface area contributed by atoms with Gasteiger partial charge in [0.2, 0.25) is 5.91 Å². The lowest BCUT2D eigenvalue weighted by Gasteiger charge is -2.21. The fourth-order valence-corrected chi connectivity index (χ4v) is 2.54. The Labute approximate surface area is 133 Å². The molecule has 1 aromatic rings. The molecule has 0 saturated carbocycles. The number of amides is 1. The minimum absolute atomic E-state index is 0.0214. The fourth-order valence-electron chi connectivity index (χ4n) is 2.05. The third-order valence-corrected chi connectivity index (χ3v) is 4.25. The first-order chi connectivity index (χ1) is 9.75. The molecule has 0 aliphatic heterocycles. The smallest absolute Gasteiger partial charge is 0.237 e. The van der Waals surface area contributed by atoms with Gasteiger partial charge in [-0.15, -0.1) is 0 Å². The molecule has 0 spiro atoms. The van der Waals surface area contributed by atoms with Crippen LogP contribution in [-0.2, 0) is 10.2 Å². The van der Waals surface area contributed by atoms with E-state index in [4.69, 9.17) is 5.73 Å². The average Bonchev–Trinajstić information content (AvgIpc) is 2.43. The third kappa shape index (κ3) is 5.71. The summed E-state index contributed by atoms with van der Waals surface area (Å²) in [6, 6.07) is 7.98. The summed E-state index contributed by atoms with van der Waals surface area (Å²) >= 11 is 1.71. The molecule has 0 fully saturated rings. The second-order valence-corrected chi connectivity index (χ2v) is 7.48. The van der Waals surface area contributed by atoms with Crippen LogP contribution in [0.1, 0.15) is 51.3 Å². The molecule has 1 aromatic carbocycles. The maximum absolute atomic E-state index is 12.0. The van der Waals surface area contributed by atoms with E-state index in [2.05, 4.69) is 50.4 Å². The Balaban J connectivity index is 2.63. The van der Waals surface area contributed by atoms with Gasteiger partial charge in [0.15, 0.2) is 0 Å². The van der Waals surface area contributed by atoms with Crippen molar-refractivity contribution >= 4 is 17.7 Å². The molecule has 3 nitrogen and oxygen atoms in total. The van der Waals surface area contributed by atoms with E-state index in [1.807, 2.05) is 13.2 Å². The number of thioether (sulfide) groups is 1. The van der Waals surface area contributed by atoms with Crippen LogP contribution in [0, 0.1) is 0 Å². The summed E-state index contributed by atoms with van der Waals surface area (Å²) in [6.07, 6.45) is 2.73. The Morgan fingerprint density at radius 2 is 1.86 bits per heavy atom. The summed E-state index contributed by atoms with van der Waals surface area (Å²) in [5.41, 5.74) is 8.43. The number of carbonyl (C=O) groups is 1. The normalized spacial score (nSPS) is 14.6. The van der Waals surface area contributed by atoms with Crippen molar-refractivity contribution in [1.29, 1.82) is 0 Å². The Morgan fingerprint density at radius 1 is 1.29 bits per heavy atom. The standard InChI is InChI=1S/C17H28N2OS/c1-12(19-16(20)15(18)10-11-21-5)13-6-8-14(9-7-13)17(2,3)4/h6-9,12,15H,10-11,18H2,1-5H3,(H,19,20)/t12?,15-/m0/s1. The van der Waals surface area contributed by atoms with Gasteiger partial charge in [-0.3, -0.25) is 4.79 Å². The highest BCUT2D eigenvalue weighted by Crippen LogP contribution is 2.23. The van der Waals surface area contributed by atoms with E-state index >= 15 is 0 Å². The number of rotatable bonds is 6. The molecule has 0 aliphatic rings. The number of hydrogen-bond donors (Lipinski definition) is 2. The zero-order valence-corrected chi connectivity index (χ0v) is 14.6. The van der Waals surface area contributed by atoms with Crippen LogP contribution >= 0.6 is 11.8 Å².